The molecule has 0 unspecified atom stereocenters. The van der Waals surface area contributed by atoms with Gasteiger partial charge in [-0.3, -0.25) is 15.6 Å². The normalized spacial score (nSPS) is 10.1. The standard InChI is InChI=1S/C19H23N3OS/c1-3-4-5-15-8-12-17(13-9-15)20-19(24)22-21-18(23)16-10-6-14(2)7-11-16/h6-13H,3-5H2,1-2H3,(H,21,23)(H2,20,22,24). The molecule has 0 aliphatic heterocycles. The van der Waals surface area contributed by atoms with Crippen molar-refractivity contribution >= 4 is 28.9 Å². The Hall–Kier alpha value is -2.40. The molecule has 0 fully saturated rings. The van der Waals surface area contributed by atoms with Gasteiger partial charge >= 0.3 is 0 Å². The fourth-order valence-electron chi connectivity index (χ4n) is 2.19. The van der Waals surface area contributed by atoms with Crippen molar-refractivity contribution in [3.8, 4) is 0 Å². The van der Waals surface area contributed by atoms with Gasteiger partial charge in [0.25, 0.3) is 5.91 Å². The summed E-state index contributed by atoms with van der Waals surface area (Å²) in [6, 6.07) is 15.5. The van der Waals surface area contributed by atoms with Crippen LogP contribution in [-0.2, 0) is 6.42 Å². The third-order valence-electron chi connectivity index (χ3n) is 3.63. The highest BCUT2D eigenvalue weighted by atomic mass is 32.1. The zero-order valence-corrected chi connectivity index (χ0v) is 14.9. The largest absolute Gasteiger partial charge is 0.331 e. The summed E-state index contributed by atoms with van der Waals surface area (Å²) in [4.78, 5) is 12.0. The third-order valence-corrected chi connectivity index (χ3v) is 3.84. The Bertz CT molecular complexity index is 681. The molecule has 0 heterocycles. The van der Waals surface area contributed by atoms with Crippen molar-refractivity contribution in [3.63, 3.8) is 0 Å². The minimum absolute atomic E-state index is 0.228. The van der Waals surface area contributed by atoms with Crippen molar-refractivity contribution in [1.29, 1.82) is 0 Å². The number of aryl methyl sites for hydroxylation is 2. The molecule has 0 atom stereocenters. The Morgan fingerprint density at radius 1 is 1.00 bits per heavy atom. The molecule has 0 saturated heterocycles. The first-order valence-corrected chi connectivity index (χ1v) is 8.52. The van der Waals surface area contributed by atoms with E-state index in [0.717, 1.165) is 17.7 Å². The Kier molecular flexibility index (Phi) is 6.75. The second kappa shape index (κ2) is 9.03. The van der Waals surface area contributed by atoms with Crippen LogP contribution in [0.1, 0.15) is 41.3 Å². The quantitative estimate of drug-likeness (QED) is 0.569. The van der Waals surface area contributed by atoms with Gasteiger partial charge in [0, 0.05) is 11.3 Å². The highest BCUT2D eigenvalue weighted by Gasteiger charge is 2.05. The summed E-state index contributed by atoms with van der Waals surface area (Å²) in [6.07, 6.45) is 3.47. The number of amides is 1. The van der Waals surface area contributed by atoms with E-state index in [4.69, 9.17) is 12.2 Å². The van der Waals surface area contributed by atoms with Gasteiger partial charge < -0.3 is 5.32 Å². The van der Waals surface area contributed by atoms with Crippen LogP contribution < -0.4 is 16.2 Å². The molecular weight excluding hydrogens is 318 g/mol. The van der Waals surface area contributed by atoms with Gasteiger partial charge in [-0.2, -0.15) is 0 Å². The molecule has 2 aromatic rings. The maximum Gasteiger partial charge on any atom is 0.269 e. The minimum Gasteiger partial charge on any atom is -0.331 e. The summed E-state index contributed by atoms with van der Waals surface area (Å²) in [5.41, 5.74) is 9.19. The van der Waals surface area contributed by atoms with Crippen LogP contribution in [0.3, 0.4) is 0 Å². The van der Waals surface area contributed by atoms with Gasteiger partial charge in [0.15, 0.2) is 5.11 Å². The molecule has 0 radical (unpaired) electrons. The summed E-state index contributed by atoms with van der Waals surface area (Å²) in [5.74, 6) is -0.228. The number of carbonyl (C=O) groups excluding carboxylic acids is 1. The first kappa shape index (κ1) is 17.9. The van der Waals surface area contributed by atoms with Crippen LogP contribution in [0, 0.1) is 6.92 Å². The molecule has 4 nitrogen and oxygen atoms in total. The lowest BCUT2D eigenvalue weighted by Gasteiger charge is -2.12. The molecule has 1 amide bonds. The van der Waals surface area contributed by atoms with Crippen molar-refractivity contribution in [1.82, 2.24) is 10.9 Å². The summed E-state index contributed by atoms with van der Waals surface area (Å²) in [6.45, 7) is 4.16. The lowest BCUT2D eigenvalue weighted by molar-refractivity contribution is 0.0944. The van der Waals surface area contributed by atoms with Gasteiger partial charge in [-0.15, -0.1) is 0 Å². The van der Waals surface area contributed by atoms with Crippen molar-refractivity contribution in [2.24, 2.45) is 0 Å². The monoisotopic (exact) mass is 341 g/mol. The van der Waals surface area contributed by atoms with Gasteiger partial charge in [0.05, 0.1) is 0 Å². The maximum absolute atomic E-state index is 12.0. The minimum atomic E-state index is -0.228. The molecule has 0 saturated carbocycles. The molecule has 126 valence electrons. The topological polar surface area (TPSA) is 53.2 Å². The van der Waals surface area contributed by atoms with Crippen molar-refractivity contribution in [2.45, 2.75) is 33.1 Å². The SMILES string of the molecule is CCCCc1ccc(NC(=S)NNC(=O)c2ccc(C)cc2)cc1. The second-order valence-corrected chi connectivity index (χ2v) is 6.11. The zero-order valence-electron chi connectivity index (χ0n) is 14.1. The smallest absolute Gasteiger partial charge is 0.269 e. The van der Waals surface area contributed by atoms with E-state index < -0.39 is 0 Å². The molecule has 0 aliphatic carbocycles. The first-order chi connectivity index (χ1) is 11.6. The number of benzene rings is 2. The van der Waals surface area contributed by atoms with Crippen LogP contribution >= 0.6 is 12.2 Å². The number of unbranched alkanes of at least 4 members (excludes halogenated alkanes) is 1. The van der Waals surface area contributed by atoms with E-state index in [1.807, 2.05) is 31.2 Å². The Morgan fingerprint density at radius 3 is 2.29 bits per heavy atom. The highest BCUT2D eigenvalue weighted by Crippen LogP contribution is 2.11. The number of hydrazine groups is 1. The van der Waals surface area contributed by atoms with E-state index in [0.29, 0.717) is 10.7 Å². The summed E-state index contributed by atoms with van der Waals surface area (Å²) < 4.78 is 0. The number of hydrogen-bond donors (Lipinski definition) is 3. The number of anilines is 1. The third kappa shape index (κ3) is 5.66. The molecule has 5 heteroatoms. The molecule has 0 bridgehead atoms. The number of carbonyl (C=O) groups is 1. The van der Waals surface area contributed by atoms with Crippen LogP contribution in [-0.4, -0.2) is 11.0 Å². The van der Waals surface area contributed by atoms with Gasteiger partial charge in [-0.05, 0) is 61.8 Å². The van der Waals surface area contributed by atoms with Crippen LogP contribution in [0.4, 0.5) is 5.69 Å². The fourth-order valence-corrected chi connectivity index (χ4v) is 2.36. The molecule has 2 rings (SSSR count). The first-order valence-electron chi connectivity index (χ1n) is 8.11. The summed E-state index contributed by atoms with van der Waals surface area (Å²) >= 11 is 5.19. The lowest BCUT2D eigenvalue weighted by Crippen LogP contribution is -2.43. The van der Waals surface area contributed by atoms with Gasteiger partial charge in [-0.25, -0.2) is 0 Å². The van der Waals surface area contributed by atoms with Crippen molar-refractivity contribution in [2.75, 3.05) is 5.32 Å². The predicted octanol–water partition coefficient (Wildman–Crippen LogP) is 3.97. The van der Waals surface area contributed by atoms with Crippen LogP contribution in [0.5, 0.6) is 0 Å². The highest BCUT2D eigenvalue weighted by molar-refractivity contribution is 7.80. The van der Waals surface area contributed by atoms with Crippen LogP contribution in [0.25, 0.3) is 0 Å². The molecule has 24 heavy (non-hydrogen) atoms. The van der Waals surface area contributed by atoms with E-state index in [-0.39, 0.29) is 5.91 Å². The van der Waals surface area contributed by atoms with E-state index >= 15 is 0 Å². The van der Waals surface area contributed by atoms with E-state index in [9.17, 15) is 4.79 Å². The molecule has 0 spiro atoms. The van der Waals surface area contributed by atoms with Crippen molar-refractivity contribution < 1.29 is 4.79 Å². The van der Waals surface area contributed by atoms with E-state index in [1.54, 1.807) is 12.1 Å². The van der Waals surface area contributed by atoms with Gasteiger partial charge in [0.1, 0.15) is 0 Å². The van der Waals surface area contributed by atoms with Gasteiger partial charge in [0.2, 0.25) is 0 Å². The van der Waals surface area contributed by atoms with E-state index in [2.05, 4.69) is 35.2 Å². The average Bonchev–Trinajstić information content (AvgIpc) is 2.59. The molecule has 3 N–H and O–H groups in total. The second-order valence-electron chi connectivity index (χ2n) is 5.70. The molecule has 2 aromatic carbocycles. The number of rotatable bonds is 5. The Morgan fingerprint density at radius 2 is 1.67 bits per heavy atom. The van der Waals surface area contributed by atoms with Crippen LogP contribution in [0.2, 0.25) is 0 Å². The van der Waals surface area contributed by atoms with Crippen molar-refractivity contribution in [3.05, 3.63) is 65.2 Å². The fraction of sp³-hybridized carbons (Fsp3) is 0.263. The number of hydrogen-bond acceptors (Lipinski definition) is 2. The van der Waals surface area contributed by atoms with Crippen LogP contribution in [0.15, 0.2) is 48.5 Å². The van der Waals surface area contributed by atoms with E-state index in [1.165, 1.54) is 18.4 Å². The zero-order chi connectivity index (χ0) is 17.4. The summed E-state index contributed by atoms with van der Waals surface area (Å²) in [5, 5.41) is 3.39. The molecule has 0 aromatic heterocycles. The Balaban J connectivity index is 1.80. The molecular formula is C19H23N3OS. The maximum atomic E-state index is 12.0. The lowest BCUT2D eigenvalue weighted by atomic mass is 10.1. The predicted molar refractivity (Wildman–Crippen MR) is 103 cm³/mol. The number of thiocarbonyl (C=S) groups is 1. The van der Waals surface area contributed by atoms with Gasteiger partial charge in [-0.1, -0.05) is 43.2 Å². The Labute approximate surface area is 148 Å². The number of nitrogens with one attached hydrogen (secondary N) is 3. The molecule has 0 aliphatic rings. The average molecular weight is 341 g/mol. The summed E-state index contributed by atoms with van der Waals surface area (Å²) in [7, 11) is 0.